The van der Waals surface area contributed by atoms with Crippen LogP contribution >= 0.6 is 0 Å². The molecule has 0 aromatic carbocycles. The summed E-state index contributed by atoms with van der Waals surface area (Å²) < 4.78 is 68.5. The molecule has 1 saturated heterocycles. The minimum absolute atomic E-state index is 0.0498. The number of hydrogen-bond donors (Lipinski definition) is 1. The zero-order valence-electron chi connectivity index (χ0n) is 15.8. The van der Waals surface area contributed by atoms with Crippen molar-refractivity contribution in [1.29, 1.82) is 0 Å². The summed E-state index contributed by atoms with van der Waals surface area (Å²) >= 11 is 0. The van der Waals surface area contributed by atoms with E-state index in [0.29, 0.717) is 25.7 Å². The van der Waals surface area contributed by atoms with E-state index < -0.39 is 35.0 Å². The topological polar surface area (TPSA) is 87.2 Å². The van der Waals surface area contributed by atoms with Gasteiger partial charge in [-0.2, -0.15) is 13.2 Å². The van der Waals surface area contributed by atoms with Crippen molar-refractivity contribution >= 4 is 16.1 Å². The lowest BCUT2D eigenvalue weighted by atomic mass is 9.60. The van der Waals surface area contributed by atoms with Crippen LogP contribution in [-0.2, 0) is 14.8 Å². The number of carbonyl (C=O) groups is 1. The van der Waals surface area contributed by atoms with Gasteiger partial charge in [0.25, 0.3) is 0 Å². The number of sulfonamides is 1. The van der Waals surface area contributed by atoms with Gasteiger partial charge in [0.05, 0.1) is 12.4 Å². The molecule has 3 aliphatic rings. The molecule has 1 N–H and O–H groups in total. The SMILES string of the molecule is CN(C1CC2(CCN(C(=O)OC(CO)C(F)(F)F)CC2)C1)S(=O)(=O)CC1CC1. The van der Waals surface area contributed by atoms with Gasteiger partial charge in [0.15, 0.2) is 0 Å². The lowest BCUT2D eigenvalue weighted by molar-refractivity contribution is -0.215. The van der Waals surface area contributed by atoms with Crippen molar-refractivity contribution in [2.45, 2.75) is 56.8 Å². The highest BCUT2D eigenvalue weighted by molar-refractivity contribution is 7.89. The van der Waals surface area contributed by atoms with Gasteiger partial charge >= 0.3 is 12.3 Å². The summed E-state index contributed by atoms with van der Waals surface area (Å²) in [5, 5.41) is 8.77. The molecule has 1 spiro atoms. The van der Waals surface area contributed by atoms with Crippen LogP contribution in [0.1, 0.15) is 38.5 Å². The molecule has 0 bridgehead atoms. The number of rotatable bonds is 6. The van der Waals surface area contributed by atoms with Crippen LogP contribution in [0.25, 0.3) is 0 Å². The van der Waals surface area contributed by atoms with Crippen LogP contribution in [-0.4, -0.2) is 79.6 Å². The van der Waals surface area contributed by atoms with Gasteiger partial charge in [-0.15, -0.1) is 0 Å². The van der Waals surface area contributed by atoms with E-state index in [4.69, 9.17) is 5.11 Å². The second kappa shape index (κ2) is 7.64. The molecule has 162 valence electrons. The Balaban J connectivity index is 1.46. The number of likely N-dealkylation sites (tertiary alicyclic amines) is 1. The zero-order chi connectivity index (χ0) is 20.7. The predicted molar refractivity (Wildman–Crippen MR) is 93.9 cm³/mol. The van der Waals surface area contributed by atoms with Crippen molar-refractivity contribution in [3.05, 3.63) is 0 Å². The molecule has 2 aliphatic carbocycles. The third kappa shape index (κ3) is 4.73. The first kappa shape index (κ1) is 21.6. The number of halogens is 3. The highest BCUT2D eigenvalue weighted by atomic mass is 32.2. The van der Waals surface area contributed by atoms with Crippen LogP contribution in [0, 0.1) is 11.3 Å². The first-order chi connectivity index (χ1) is 13.0. The molecule has 0 aromatic rings. The van der Waals surface area contributed by atoms with Crippen molar-refractivity contribution in [1.82, 2.24) is 9.21 Å². The van der Waals surface area contributed by atoms with E-state index in [2.05, 4.69) is 4.74 Å². The molecule has 1 aliphatic heterocycles. The summed E-state index contributed by atoms with van der Waals surface area (Å²) in [6.45, 7) is -0.781. The number of ether oxygens (including phenoxy) is 1. The molecule has 7 nitrogen and oxygen atoms in total. The number of nitrogens with zero attached hydrogens (tertiary/aromatic N) is 2. The summed E-state index contributed by atoms with van der Waals surface area (Å²) in [6, 6.07) is -0.0498. The van der Waals surface area contributed by atoms with Crippen LogP contribution in [0.15, 0.2) is 0 Å². The van der Waals surface area contributed by atoms with Crippen LogP contribution in [0.5, 0.6) is 0 Å². The Bertz CT molecular complexity index is 679. The number of aliphatic hydroxyl groups is 1. The van der Waals surface area contributed by atoms with E-state index in [0.717, 1.165) is 12.8 Å². The van der Waals surface area contributed by atoms with Gasteiger partial charge in [0.2, 0.25) is 16.1 Å². The van der Waals surface area contributed by atoms with Crippen molar-refractivity contribution in [3.63, 3.8) is 0 Å². The number of carbonyl (C=O) groups excluding carboxylic acids is 1. The summed E-state index contributed by atoms with van der Waals surface area (Å²) in [7, 11) is -1.63. The van der Waals surface area contributed by atoms with E-state index in [9.17, 15) is 26.4 Å². The Labute approximate surface area is 162 Å². The number of amides is 1. The predicted octanol–water partition coefficient (Wildman–Crippen LogP) is 1.96. The van der Waals surface area contributed by atoms with E-state index in [1.54, 1.807) is 7.05 Å². The van der Waals surface area contributed by atoms with E-state index >= 15 is 0 Å². The van der Waals surface area contributed by atoms with E-state index in [1.807, 2.05) is 0 Å². The molecule has 11 heteroatoms. The quantitative estimate of drug-likeness (QED) is 0.699. The van der Waals surface area contributed by atoms with Gasteiger partial charge in [0, 0.05) is 26.2 Å². The van der Waals surface area contributed by atoms with Gasteiger partial charge in [-0.1, -0.05) is 0 Å². The lowest BCUT2D eigenvalue weighted by Crippen LogP contribution is -2.56. The smallest absolute Gasteiger partial charge is 0.427 e. The number of aliphatic hydroxyl groups excluding tert-OH is 1. The fourth-order valence-electron chi connectivity index (χ4n) is 4.10. The molecule has 3 rings (SSSR count). The minimum atomic E-state index is -4.81. The summed E-state index contributed by atoms with van der Waals surface area (Å²) in [6.07, 6.45) is -3.84. The monoisotopic (exact) mass is 428 g/mol. The Morgan fingerprint density at radius 2 is 1.86 bits per heavy atom. The van der Waals surface area contributed by atoms with Crippen molar-refractivity contribution < 1.29 is 36.2 Å². The molecule has 1 heterocycles. The Kier molecular flexibility index (Phi) is 5.90. The number of piperidine rings is 1. The van der Waals surface area contributed by atoms with Gasteiger partial charge in [-0.25, -0.2) is 17.5 Å². The van der Waals surface area contributed by atoms with Gasteiger partial charge in [-0.3, -0.25) is 0 Å². The highest BCUT2D eigenvalue weighted by Gasteiger charge is 2.50. The summed E-state index contributed by atoms with van der Waals surface area (Å²) in [4.78, 5) is 13.2. The second-order valence-electron chi connectivity index (χ2n) is 8.38. The third-order valence-electron chi connectivity index (χ3n) is 6.29. The first-order valence-electron chi connectivity index (χ1n) is 9.55. The third-order valence-corrected chi connectivity index (χ3v) is 8.36. The molecule has 3 fully saturated rings. The maximum absolute atomic E-state index is 12.6. The fraction of sp³-hybridized carbons (Fsp3) is 0.941. The fourth-order valence-corrected chi connectivity index (χ4v) is 5.87. The molecular weight excluding hydrogens is 401 g/mol. The normalized spacial score (nSPS) is 24.3. The first-order valence-corrected chi connectivity index (χ1v) is 11.2. The van der Waals surface area contributed by atoms with Crippen molar-refractivity contribution in [2.75, 3.05) is 32.5 Å². The van der Waals surface area contributed by atoms with Crippen LogP contribution in [0.2, 0.25) is 0 Å². The second-order valence-corrected chi connectivity index (χ2v) is 10.5. The molecular formula is C17H27F3N2O5S. The zero-order valence-corrected chi connectivity index (χ0v) is 16.6. The van der Waals surface area contributed by atoms with E-state index in [1.165, 1.54) is 9.21 Å². The molecule has 1 amide bonds. The van der Waals surface area contributed by atoms with Gasteiger partial charge in [-0.05, 0) is 49.9 Å². The number of hydrogen-bond acceptors (Lipinski definition) is 5. The maximum Gasteiger partial charge on any atom is 0.427 e. The minimum Gasteiger partial charge on any atom is -0.434 e. The van der Waals surface area contributed by atoms with Gasteiger partial charge < -0.3 is 14.7 Å². The Morgan fingerprint density at radius 3 is 2.32 bits per heavy atom. The maximum atomic E-state index is 12.6. The largest absolute Gasteiger partial charge is 0.434 e. The average Bonchev–Trinajstić information content (AvgIpc) is 3.39. The highest BCUT2D eigenvalue weighted by Crippen LogP contribution is 2.51. The standard InChI is InChI=1S/C17H27F3N2O5S/c1-21(28(25,26)11-12-2-3-12)13-8-16(9-13)4-6-22(7-5-16)15(24)27-14(10-23)17(18,19)20/h12-14,23H,2-11H2,1H3. The molecule has 1 atom stereocenters. The van der Waals surface area contributed by atoms with Crippen LogP contribution < -0.4 is 0 Å². The molecule has 0 radical (unpaired) electrons. The van der Waals surface area contributed by atoms with E-state index in [-0.39, 0.29) is 36.2 Å². The summed E-state index contributed by atoms with van der Waals surface area (Å²) in [5.41, 5.74) is -0.0643. The molecule has 2 saturated carbocycles. The lowest BCUT2D eigenvalue weighted by Gasteiger charge is -2.54. The summed E-state index contributed by atoms with van der Waals surface area (Å²) in [5.74, 6) is 0.493. The Morgan fingerprint density at radius 1 is 1.29 bits per heavy atom. The Hall–Kier alpha value is -1.07. The molecule has 28 heavy (non-hydrogen) atoms. The van der Waals surface area contributed by atoms with Crippen LogP contribution in [0.3, 0.4) is 0 Å². The van der Waals surface area contributed by atoms with Crippen LogP contribution in [0.4, 0.5) is 18.0 Å². The average molecular weight is 428 g/mol. The molecule has 0 aromatic heterocycles. The molecule has 1 unspecified atom stereocenters. The van der Waals surface area contributed by atoms with Gasteiger partial charge in [0.1, 0.15) is 0 Å². The van der Waals surface area contributed by atoms with Crippen molar-refractivity contribution in [3.8, 4) is 0 Å². The number of alkyl halides is 3. The van der Waals surface area contributed by atoms with Crippen molar-refractivity contribution in [2.24, 2.45) is 11.3 Å².